The number of nitrogens with two attached hydrogens (primary N) is 1. The number of carbonyl (C=O) groups excluding carboxylic acids is 2. The summed E-state index contributed by atoms with van der Waals surface area (Å²) in [6, 6.07) is 5.52. The SMILES string of the molecule is [CH3][Sn]([CH3])([CH3])[c]1ccc([C@H]2CNC(CC(=O)C(N)=O)C2)cc1F. The minimum absolute atomic E-state index is 0.0606. The molecular formula is C16H23FN2O2Sn. The normalized spacial score (nSPS) is 21.8. The van der Waals surface area contributed by atoms with E-state index >= 15 is 0 Å². The molecule has 2 rings (SSSR count). The number of Topliss-reactive ketones (excluding diaryl/α,β-unsaturated/α-hetero) is 1. The number of nitrogens with one attached hydrogen (secondary N) is 1. The second-order valence-corrected chi connectivity index (χ2v) is 21.4. The van der Waals surface area contributed by atoms with Crippen molar-refractivity contribution in [1.29, 1.82) is 0 Å². The predicted octanol–water partition coefficient (Wildman–Crippen LogP) is 1.26. The van der Waals surface area contributed by atoms with Crippen LogP contribution in [0.5, 0.6) is 0 Å². The number of primary amides is 1. The molecule has 1 saturated heterocycles. The maximum atomic E-state index is 14.3. The first-order chi connectivity index (χ1) is 10.2. The average molecular weight is 413 g/mol. The molecule has 0 bridgehead atoms. The van der Waals surface area contributed by atoms with Crippen LogP contribution in [0.25, 0.3) is 0 Å². The molecule has 0 aromatic heterocycles. The summed E-state index contributed by atoms with van der Waals surface area (Å²) >= 11 is -2.42. The van der Waals surface area contributed by atoms with Gasteiger partial charge in [-0.3, -0.25) is 0 Å². The van der Waals surface area contributed by atoms with E-state index in [0.29, 0.717) is 6.54 Å². The van der Waals surface area contributed by atoms with Crippen LogP contribution in [0.3, 0.4) is 0 Å². The summed E-state index contributed by atoms with van der Waals surface area (Å²) in [6.45, 7) is 0.689. The Bertz CT molecular complexity index is 598. The van der Waals surface area contributed by atoms with Crippen molar-refractivity contribution in [2.24, 2.45) is 5.73 Å². The molecule has 22 heavy (non-hydrogen) atoms. The van der Waals surface area contributed by atoms with Crippen LogP contribution in [0, 0.1) is 5.82 Å². The van der Waals surface area contributed by atoms with Crippen molar-refractivity contribution >= 4 is 33.6 Å². The van der Waals surface area contributed by atoms with Gasteiger partial charge in [0, 0.05) is 0 Å². The van der Waals surface area contributed by atoms with E-state index in [0.717, 1.165) is 15.6 Å². The molecule has 0 spiro atoms. The Balaban J connectivity index is 2.07. The van der Waals surface area contributed by atoms with Gasteiger partial charge in [0.15, 0.2) is 0 Å². The molecule has 1 amide bonds. The van der Waals surface area contributed by atoms with E-state index in [-0.39, 0.29) is 24.2 Å². The molecule has 0 radical (unpaired) electrons. The van der Waals surface area contributed by atoms with E-state index in [1.165, 1.54) is 0 Å². The molecule has 1 aliphatic rings. The van der Waals surface area contributed by atoms with E-state index in [1.54, 1.807) is 6.07 Å². The Hall–Kier alpha value is -0.951. The van der Waals surface area contributed by atoms with Gasteiger partial charge >= 0.3 is 134 Å². The fraction of sp³-hybridized carbons (Fsp3) is 0.500. The number of benzene rings is 1. The van der Waals surface area contributed by atoms with Gasteiger partial charge in [0.05, 0.1) is 0 Å². The number of hydrogen-bond donors (Lipinski definition) is 2. The summed E-state index contributed by atoms with van der Waals surface area (Å²) in [7, 11) is 0. The van der Waals surface area contributed by atoms with Gasteiger partial charge in [-0.05, 0) is 0 Å². The summed E-state index contributed by atoms with van der Waals surface area (Å²) in [5.41, 5.74) is 5.93. The minimum atomic E-state index is -2.42. The first kappa shape index (κ1) is 17.4. The Morgan fingerprint density at radius 1 is 1.36 bits per heavy atom. The number of rotatable bonds is 5. The summed E-state index contributed by atoms with van der Waals surface area (Å²) in [4.78, 5) is 28.8. The van der Waals surface area contributed by atoms with Gasteiger partial charge in [0.25, 0.3) is 0 Å². The Morgan fingerprint density at radius 2 is 2.05 bits per heavy atom. The molecule has 3 N–H and O–H groups in total. The van der Waals surface area contributed by atoms with Gasteiger partial charge in [0.2, 0.25) is 0 Å². The third-order valence-electron chi connectivity index (χ3n) is 4.20. The molecule has 1 aromatic carbocycles. The van der Waals surface area contributed by atoms with Gasteiger partial charge in [-0.1, -0.05) is 0 Å². The second-order valence-electron chi connectivity index (χ2n) is 7.02. The summed E-state index contributed by atoms with van der Waals surface area (Å²) in [6.07, 6.45) is 0.835. The third kappa shape index (κ3) is 4.07. The van der Waals surface area contributed by atoms with Gasteiger partial charge in [0.1, 0.15) is 0 Å². The molecule has 4 nitrogen and oxygen atoms in total. The summed E-state index contributed by atoms with van der Waals surface area (Å²) < 4.78 is 15.2. The Kier molecular flexibility index (Phi) is 5.27. The van der Waals surface area contributed by atoms with Crippen LogP contribution in [-0.2, 0) is 9.59 Å². The van der Waals surface area contributed by atoms with Crippen molar-refractivity contribution < 1.29 is 14.0 Å². The first-order valence-electron chi connectivity index (χ1n) is 7.54. The van der Waals surface area contributed by atoms with Gasteiger partial charge in [-0.25, -0.2) is 0 Å². The van der Waals surface area contributed by atoms with Crippen LogP contribution in [-0.4, -0.2) is 42.7 Å². The molecule has 1 heterocycles. The van der Waals surface area contributed by atoms with Crippen LogP contribution >= 0.6 is 0 Å². The number of amides is 1. The topological polar surface area (TPSA) is 72.2 Å². The Morgan fingerprint density at radius 3 is 2.59 bits per heavy atom. The zero-order valence-electron chi connectivity index (χ0n) is 13.3. The van der Waals surface area contributed by atoms with Gasteiger partial charge in [-0.15, -0.1) is 0 Å². The van der Waals surface area contributed by atoms with Crippen molar-refractivity contribution in [1.82, 2.24) is 5.32 Å². The molecule has 2 atom stereocenters. The standard InChI is InChI=1S/C13H14FN2O2.3CH3.Sn/c14-10-3-1-2-8(4-10)9-5-11(16-7-9)6-12(17)13(15)18;;;;/h1-2,4,9,11,16H,5-7H2,(H2,15,18);3*1H3;/t9-,11?;;;;/m1..../s1. The van der Waals surface area contributed by atoms with E-state index in [9.17, 15) is 14.0 Å². The molecule has 6 heteroatoms. The van der Waals surface area contributed by atoms with E-state index in [4.69, 9.17) is 5.73 Å². The van der Waals surface area contributed by atoms with Crippen molar-refractivity contribution in [3.63, 3.8) is 0 Å². The van der Waals surface area contributed by atoms with Crippen molar-refractivity contribution in [2.75, 3.05) is 6.54 Å². The van der Waals surface area contributed by atoms with E-state index in [2.05, 4.69) is 20.1 Å². The number of carbonyl (C=O) groups is 2. The molecule has 1 aromatic rings. The van der Waals surface area contributed by atoms with Crippen LogP contribution in [0.15, 0.2) is 18.2 Å². The quantitative estimate of drug-likeness (QED) is 0.564. The van der Waals surface area contributed by atoms with Crippen LogP contribution in [0.4, 0.5) is 4.39 Å². The third-order valence-corrected chi connectivity index (χ3v) is 9.97. The number of ketones is 1. The summed E-state index contributed by atoms with van der Waals surface area (Å²) in [5.74, 6) is -1.37. The zero-order valence-corrected chi connectivity index (χ0v) is 16.1. The average Bonchev–Trinajstić information content (AvgIpc) is 2.85. The predicted molar refractivity (Wildman–Crippen MR) is 87.3 cm³/mol. The van der Waals surface area contributed by atoms with Crippen LogP contribution in [0.1, 0.15) is 24.3 Å². The van der Waals surface area contributed by atoms with Crippen LogP contribution < -0.4 is 14.6 Å². The zero-order chi connectivity index (χ0) is 16.5. The maximum absolute atomic E-state index is 14.3. The van der Waals surface area contributed by atoms with Crippen molar-refractivity contribution in [3.8, 4) is 0 Å². The van der Waals surface area contributed by atoms with E-state index < -0.39 is 30.1 Å². The molecule has 1 aliphatic heterocycles. The van der Waals surface area contributed by atoms with Crippen molar-refractivity contribution in [2.45, 2.75) is 39.6 Å². The van der Waals surface area contributed by atoms with E-state index in [1.807, 2.05) is 12.1 Å². The van der Waals surface area contributed by atoms with Crippen LogP contribution in [0.2, 0.25) is 14.8 Å². The molecule has 1 fully saturated rings. The number of hydrogen-bond acceptors (Lipinski definition) is 3. The monoisotopic (exact) mass is 414 g/mol. The molecule has 120 valence electrons. The van der Waals surface area contributed by atoms with Crippen molar-refractivity contribution in [3.05, 3.63) is 29.6 Å². The fourth-order valence-corrected chi connectivity index (χ4v) is 6.86. The Labute approximate surface area is 134 Å². The van der Waals surface area contributed by atoms with Gasteiger partial charge < -0.3 is 0 Å². The molecular weight excluding hydrogens is 390 g/mol. The fourth-order valence-electron chi connectivity index (χ4n) is 2.95. The second kappa shape index (κ2) is 6.66. The molecule has 1 unspecified atom stereocenters. The molecule has 0 aliphatic carbocycles. The first-order valence-corrected chi connectivity index (χ1v) is 17.5. The molecule has 0 saturated carbocycles. The number of halogens is 1. The van der Waals surface area contributed by atoms with Gasteiger partial charge in [-0.2, -0.15) is 0 Å². The summed E-state index contributed by atoms with van der Waals surface area (Å²) in [5, 5.41) is 3.22.